The van der Waals surface area contributed by atoms with Crippen LogP contribution in [0.2, 0.25) is 11.6 Å². The van der Waals surface area contributed by atoms with Gasteiger partial charge in [0.1, 0.15) is 0 Å². The Balaban J connectivity index is 1.91. The van der Waals surface area contributed by atoms with E-state index in [2.05, 4.69) is 0 Å². The third-order valence-electron chi connectivity index (χ3n) is 3.47. The van der Waals surface area contributed by atoms with Gasteiger partial charge in [-0.3, -0.25) is 0 Å². The molecule has 0 aromatic heterocycles. The van der Waals surface area contributed by atoms with E-state index in [1.54, 1.807) is 6.26 Å². The van der Waals surface area contributed by atoms with Crippen molar-refractivity contribution in [3.8, 4) is 0 Å². The molecule has 0 N–H and O–H groups in total. The molecule has 90 valence electrons. The minimum Gasteiger partial charge on any atom is -0.463 e. The molecule has 2 aliphatic rings. The van der Waals surface area contributed by atoms with Crippen molar-refractivity contribution in [1.82, 2.24) is 0 Å². The van der Waals surface area contributed by atoms with Gasteiger partial charge >= 0.3 is 0 Å². The highest BCUT2D eigenvalue weighted by molar-refractivity contribution is 6.37. The first kappa shape index (κ1) is 11.8. The molecular weight excluding hydrogens is 216 g/mol. The van der Waals surface area contributed by atoms with Crippen molar-refractivity contribution in [2.24, 2.45) is 0 Å². The van der Waals surface area contributed by atoms with E-state index in [9.17, 15) is 0 Å². The van der Waals surface area contributed by atoms with Crippen LogP contribution in [0.15, 0.2) is 24.2 Å². The van der Waals surface area contributed by atoms with Crippen molar-refractivity contribution >= 4 is 9.52 Å². The van der Waals surface area contributed by atoms with Crippen LogP contribution in [0.4, 0.5) is 0 Å². The first-order valence-electron chi connectivity index (χ1n) is 6.50. The largest absolute Gasteiger partial charge is 0.463 e. The van der Waals surface area contributed by atoms with Gasteiger partial charge in [-0.15, -0.1) is 0 Å². The highest BCUT2D eigenvalue weighted by atomic mass is 28.2. The zero-order chi connectivity index (χ0) is 11.2. The van der Waals surface area contributed by atoms with Crippen LogP contribution in [0.1, 0.15) is 39.0 Å². The summed E-state index contributed by atoms with van der Waals surface area (Å²) in [5.74, 6) is 0. The summed E-state index contributed by atoms with van der Waals surface area (Å²) in [5, 5.41) is 0. The van der Waals surface area contributed by atoms with Gasteiger partial charge in [0.25, 0.3) is 0 Å². The van der Waals surface area contributed by atoms with Crippen LogP contribution in [0, 0.1) is 0 Å². The lowest BCUT2D eigenvalue weighted by Gasteiger charge is -2.26. The highest BCUT2D eigenvalue weighted by Gasteiger charge is 2.24. The normalized spacial score (nSPS) is 32.9. The Kier molecular flexibility index (Phi) is 4.51. The first-order valence-corrected chi connectivity index (χ1v) is 8.32. The fourth-order valence-electron chi connectivity index (χ4n) is 2.45. The van der Waals surface area contributed by atoms with Crippen LogP contribution in [0.3, 0.4) is 0 Å². The molecule has 0 aromatic rings. The summed E-state index contributed by atoms with van der Waals surface area (Å²) in [7, 11) is -0.0248. The summed E-state index contributed by atoms with van der Waals surface area (Å²) in [5.41, 5.74) is 1.84. The smallest absolute Gasteiger partial charge is 0.239 e. The van der Waals surface area contributed by atoms with Crippen molar-refractivity contribution in [3.63, 3.8) is 0 Å². The molecule has 1 saturated heterocycles. The lowest BCUT2D eigenvalue weighted by molar-refractivity contribution is -0.0650. The van der Waals surface area contributed by atoms with Gasteiger partial charge in [-0.2, -0.15) is 0 Å². The third kappa shape index (κ3) is 3.41. The van der Waals surface area contributed by atoms with Crippen molar-refractivity contribution in [2.75, 3.05) is 0 Å². The average Bonchev–Trinajstić information content (AvgIpc) is 2.43. The maximum Gasteiger partial charge on any atom is 0.239 e. The SMILES string of the molecule is CC1=COC(C2CCCCCC[SiH2]2)OC=C1. The molecule has 0 aliphatic carbocycles. The average molecular weight is 238 g/mol. The second-order valence-corrected chi connectivity index (χ2v) is 7.24. The molecule has 0 saturated carbocycles. The Labute approximate surface area is 101 Å². The maximum atomic E-state index is 5.74. The summed E-state index contributed by atoms with van der Waals surface area (Å²) < 4.78 is 11.4. The lowest BCUT2D eigenvalue weighted by Crippen LogP contribution is -2.24. The Bertz CT molecular complexity index is 265. The number of ether oxygens (including phenoxy) is 2. The summed E-state index contributed by atoms with van der Waals surface area (Å²) in [6.07, 6.45) is 12.5. The predicted molar refractivity (Wildman–Crippen MR) is 69.0 cm³/mol. The van der Waals surface area contributed by atoms with E-state index >= 15 is 0 Å². The van der Waals surface area contributed by atoms with Crippen molar-refractivity contribution in [3.05, 3.63) is 24.2 Å². The predicted octanol–water partition coefficient (Wildman–Crippen LogP) is 3.12. The van der Waals surface area contributed by atoms with Gasteiger partial charge in [-0.25, -0.2) is 0 Å². The first-order chi connectivity index (χ1) is 7.86. The monoisotopic (exact) mass is 238 g/mol. The Morgan fingerprint density at radius 3 is 3.00 bits per heavy atom. The standard InChI is InChI=1S/C13H22O2Si/c1-11-7-8-14-13(15-10-11)12-6-4-2-3-5-9-16-12/h7-8,10,12-13H,2-6,9,16H2,1H3. The molecule has 2 unspecified atom stereocenters. The zero-order valence-electron chi connectivity index (χ0n) is 10.2. The van der Waals surface area contributed by atoms with Crippen LogP contribution < -0.4 is 0 Å². The van der Waals surface area contributed by atoms with Gasteiger partial charge in [0.15, 0.2) is 0 Å². The molecular formula is C13H22O2Si. The van der Waals surface area contributed by atoms with E-state index in [0.717, 1.165) is 5.57 Å². The topological polar surface area (TPSA) is 18.5 Å². The van der Waals surface area contributed by atoms with E-state index in [-0.39, 0.29) is 15.8 Å². The fraction of sp³-hybridized carbons (Fsp3) is 0.692. The van der Waals surface area contributed by atoms with Gasteiger partial charge in [0, 0.05) is 15.1 Å². The zero-order valence-corrected chi connectivity index (χ0v) is 11.6. The number of hydrogen-bond donors (Lipinski definition) is 0. The number of allylic oxidation sites excluding steroid dienone is 2. The van der Waals surface area contributed by atoms with Gasteiger partial charge in [-0.05, 0) is 25.0 Å². The van der Waals surface area contributed by atoms with Crippen molar-refractivity contribution < 1.29 is 9.47 Å². The van der Waals surface area contributed by atoms with Crippen LogP contribution in [-0.2, 0) is 9.47 Å². The Morgan fingerprint density at radius 1 is 1.19 bits per heavy atom. The summed E-state index contributed by atoms with van der Waals surface area (Å²) in [6, 6.07) is 1.46. The van der Waals surface area contributed by atoms with Gasteiger partial charge in [0.2, 0.25) is 6.29 Å². The van der Waals surface area contributed by atoms with Crippen LogP contribution >= 0.6 is 0 Å². The highest BCUT2D eigenvalue weighted by Crippen LogP contribution is 2.28. The third-order valence-corrected chi connectivity index (χ3v) is 5.91. The molecule has 0 amide bonds. The second-order valence-electron chi connectivity index (χ2n) is 4.91. The second kappa shape index (κ2) is 6.14. The molecule has 0 aromatic carbocycles. The molecule has 1 fully saturated rings. The molecule has 0 spiro atoms. The number of rotatable bonds is 1. The summed E-state index contributed by atoms with van der Waals surface area (Å²) in [4.78, 5) is 0. The molecule has 2 heterocycles. The lowest BCUT2D eigenvalue weighted by atomic mass is 10.1. The molecule has 16 heavy (non-hydrogen) atoms. The van der Waals surface area contributed by atoms with Crippen molar-refractivity contribution in [1.29, 1.82) is 0 Å². The quantitative estimate of drug-likeness (QED) is 0.654. The molecule has 0 bridgehead atoms. The maximum absolute atomic E-state index is 5.74. The molecule has 3 heteroatoms. The Hall–Kier alpha value is -0.703. The molecule has 0 radical (unpaired) electrons. The fourth-order valence-corrected chi connectivity index (χ4v) is 4.69. The number of hydrogen-bond acceptors (Lipinski definition) is 2. The van der Waals surface area contributed by atoms with Crippen molar-refractivity contribution in [2.45, 2.75) is 56.9 Å². The molecule has 2 aliphatic heterocycles. The molecule has 2 nitrogen and oxygen atoms in total. The molecule has 2 atom stereocenters. The van der Waals surface area contributed by atoms with E-state index in [1.165, 1.54) is 38.1 Å². The van der Waals surface area contributed by atoms with Gasteiger partial charge in [-0.1, -0.05) is 31.7 Å². The van der Waals surface area contributed by atoms with E-state index in [0.29, 0.717) is 5.54 Å². The van der Waals surface area contributed by atoms with E-state index in [4.69, 9.17) is 9.47 Å². The van der Waals surface area contributed by atoms with E-state index in [1.807, 2.05) is 19.3 Å². The van der Waals surface area contributed by atoms with Crippen LogP contribution in [0.5, 0.6) is 0 Å². The van der Waals surface area contributed by atoms with Gasteiger partial charge < -0.3 is 9.47 Å². The minimum atomic E-state index is -0.0248. The summed E-state index contributed by atoms with van der Waals surface area (Å²) in [6.45, 7) is 2.04. The summed E-state index contributed by atoms with van der Waals surface area (Å²) >= 11 is 0. The minimum absolute atomic E-state index is 0.00142. The van der Waals surface area contributed by atoms with Crippen LogP contribution in [0.25, 0.3) is 0 Å². The molecule has 2 rings (SSSR count). The van der Waals surface area contributed by atoms with Gasteiger partial charge in [0.05, 0.1) is 12.5 Å². The Morgan fingerprint density at radius 2 is 2.06 bits per heavy atom. The van der Waals surface area contributed by atoms with E-state index < -0.39 is 0 Å². The van der Waals surface area contributed by atoms with Crippen LogP contribution in [-0.4, -0.2) is 15.8 Å².